The molecule has 1 aromatic heterocycles. The van der Waals surface area contributed by atoms with Crippen molar-refractivity contribution in [2.45, 2.75) is 51.7 Å². The number of aryl methyl sites for hydroxylation is 2. The van der Waals surface area contributed by atoms with E-state index in [2.05, 4.69) is 9.88 Å². The number of nitrogens with zero attached hydrogens (tertiary/aromatic N) is 2. The first-order chi connectivity index (χ1) is 11.5. The number of amides is 1. The van der Waals surface area contributed by atoms with Gasteiger partial charge < -0.3 is 15.0 Å². The monoisotopic (exact) mass is 333 g/mol. The number of hydrogen-bond donors (Lipinski definition) is 2. The first kappa shape index (κ1) is 17.2. The average molecular weight is 333 g/mol. The van der Waals surface area contributed by atoms with E-state index in [1.807, 2.05) is 11.8 Å². The first-order valence-corrected chi connectivity index (χ1v) is 8.87. The molecule has 0 aliphatic carbocycles. The van der Waals surface area contributed by atoms with Crippen molar-refractivity contribution in [1.29, 1.82) is 0 Å². The predicted octanol–water partition coefficient (Wildman–Crippen LogP) is 1.05. The van der Waals surface area contributed by atoms with Crippen molar-refractivity contribution in [3.05, 3.63) is 33.2 Å². The van der Waals surface area contributed by atoms with Crippen LogP contribution in [0.3, 0.4) is 0 Å². The van der Waals surface area contributed by atoms with Crippen LogP contribution in [0.25, 0.3) is 0 Å². The molecule has 2 saturated heterocycles. The van der Waals surface area contributed by atoms with Crippen LogP contribution in [0.4, 0.5) is 0 Å². The zero-order chi connectivity index (χ0) is 17.3. The molecule has 0 aromatic carbocycles. The number of H-pyrrole nitrogens is 1. The van der Waals surface area contributed by atoms with Crippen LogP contribution in [0.5, 0.6) is 0 Å². The maximum atomic E-state index is 12.8. The van der Waals surface area contributed by atoms with E-state index in [9.17, 15) is 14.7 Å². The molecule has 1 aromatic rings. The number of aromatic nitrogens is 1. The molecule has 1 atom stereocenters. The number of likely N-dealkylation sites (tertiary alicyclic amines) is 2. The number of nitrogens with one attached hydrogen (secondary N) is 1. The highest BCUT2D eigenvalue weighted by molar-refractivity contribution is 5.96. The minimum Gasteiger partial charge on any atom is -0.392 e. The lowest BCUT2D eigenvalue weighted by molar-refractivity contribution is 0.0240. The SMILES string of the molecule is Cc1cc(=O)[nH]c(C)c1C(=O)N1CCC(N2CCCC(O)C2)CC1. The van der Waals surface area contributed by atoms with Gasteiger partial charge in [0.05, 0.1) is 11.7 Å². The molecule has 2 fully saturated rings. The van der Waals surface area contributed by atoms with Crippen LogP contribution in [-0.2, 0) is 0 Å². The van der Waals surface area contributed by atoms with Crippen LogP contribution in [0.2, 0.25) is 0 Å². The van der Waals surface area contributed by atoms with Crippen molar-refractivity contribution >= 4 is 5.91 Å². The zero-order valence-electron chi connectivity index (χ0n) is 14.5. The van der Waals surface area contributed by atoms with Crippen LogP contribution in [0.15, 0.2) is 10.9 Å². The Morgan fingerprint density at radius 3 is 2.54 bits per heavy atom. The summed E-state index contributed by atoms with van der Waals surface area (Å²) in [5.74, 6) is 0.0124. The Labute approximate surface area is 142 Å². The number of pyridine rings is 1. The van der Waals surface area contributed by atoms with Gasteiger partial charge in [0.15, 0.2) is 0 Å². The van der Waals surface area contributed by atoms with Crippen molar-refractivity contribution in [3.8, 4) is 0 Å². The Hall–Kier alpha value is -1.66. The smallest absolute Gasteiger partial charge is 0.255 e. The van der Waals surface area contributed by atoms with Gasteiger partial charge >= 0.3 is 0 Å². The third kappa shape index (κ3) is 3.54. The third-order valence-corrected chi connectivity index (χ3v) is 5.34. The molecular weight excluding hydrogens is 306 g/mol. The molecule has 1 amide bonds. The number of rotatable bonds is 2. The number of hydrogen-bond acceptors (Lipinski definition) is 4. The van der Waals surface area contributed by atoms with E-state index in [0.717, 1.165) is 57.4 Å². The molecule has 0 spiro atoms. The summed E-state index contributed by atoms with van der Waals surface area (Å²) in [5, 5.41) is 9.85. The molecule has 132 valence electrons. The molecule has 2 aliphatic rings. The van der Waals surface area contributed by atoms with E-state index in [0.29, 0.717) is 17.3 Å². The van der Waals surface area contributed by atoms with Gasteiger partial charge in [0.2, 0.25) is 5.56 Å². The molecule has 3 rings (SSSR count). The summed E-state index contributed by atoms with van der Waals surface area (Å²) in [4.78, 5) is 31.3. The van der Waals surface area contributed by atoms with E-state index >= 15 is 0 Å². The lowest BCUT2D eigenvalue weighted by atomic mass is 9.98. The second-order valence-electron chi connectivity index (χ2n) is 7.13. The van der Waals surface area contributed by atoms with Gasteiger partial charge in [0.25, 0.3) is 5.91 Å². The number of aliphatic hydroxyl groups excluding tert-OH is 1. The Kier molecular flexibility index (Phi) is 5.06. The Morgan fingerprint density at radius 2 is 1.92 bits per heavy atom. The van der Waals surface area contributed by atoms with Crippen molar-refractivity contribution in [3.63, 3.8) is 0 Å². The van der Waals surface area contributed by atoms with Crippen molar-refractivity contribution in [2.75, 3.05) is 26.2 Å². The first-order valence-electron chi connectivity index (χ1n) is 8.87. The number of carbonyl (C=O) groups excluding carboxylic acids is 1. The summed E-state index contributed by atoms with van der Waals surface area (Å²) in [6.45, 7) is 6.87. The van der Waals surface area contributed by atoms with Gasteiger partial charge in [-0.25, -0.2) is 0 Å². The maximum absolute atomic E-state index is 12.8. The molecule has 0 radical (unpaired) electrons. The van der Waals surface area contributed by atoms with Gasteiger partial charge in [-0.15, -0.1) is 0 Å². The summed E-state index contributed by atoms with van der Waals surface area (Å²) in [6, 6.07) is 1.95. The highest BCUT2D eigenvalue weighted by Crippen LogP contribution is 2.23. The van der Waals surface area contributed by atoms with Gasteiger partial charge in [0.1, 0.15) is 0 Å². The molecule has 6 heteroatoms. The fraction of sp³-hybridized carbons (Fsp3) is 0.667. The Morgan fingerprint density at radius 1 is 1.21 bits per heavy atom. The van der Waals surface area contributed by atoms with E-state index < -0.39 is 0 Å². The summed E-state index contributed by atoms with van der Waals surface area (Å²) >= 11 is 0. The number of aliphatic hydroxyl groups is 1. The van der Waals surface area contributed by atoms with Crippen molar-refractivity contribution < 1.29 is 9.90 Å². The highest BCUT2D eigenvalue weighted by atomic mass is 16.3. The minimum atomic E-state index is -0.204. The highest BCUT2D eigenvalue weighted by Gasteiger charge is 2.30. The lowest BCUT2D eigenvalue weighted by Gasteiger charge is -2.41. The van der Waals surface area contributed by atoms with Crippen LogP contribution in [0, 0.1) is 13.8 Å². The minimum absolute atomic E-state index is 0.0124. The van der Waals surface area contributed by atoms with Gasteiger partial charge in [-0.2, -0.15) is 0 Å². The molecule has 1 unspecified atom stereocenters. The van der Waals surface area contributed by atoms with Gasteiger partial charge in [0, 0.05) is 37.4 Å². The normalized spacial score (nSPS) is 23.5. The Balaban J connectivity index is 1.64. The fourth-order valence-electron chi connectivity index (χ4n) is 4.08. The quantitative estimate of drug-likeness (QED) is 0.848. The molecule has 0 bridgehead atoms. The second kappa shape index (κ2) is 7.07. The van der Waals surface area contributed by atoms with Gasteiger partial charge in [-0.3, -0.25) is 14.5 Å². The van der Waals surface area contributed by atoms with Gasteiger partial charge in [-0.05, 0) is 51.6 Å². The summed E-state index contributed by atoms with van der Waals surface area (Å²) in [7, 11) is 0. The van der Waals surface area contributed by atoms with E-state index in [-0.39, 0.29) is 17.6 Å². The van der Waals surface area contributed by atoms with E-state index in [4.69, 9.17) is 0 Å². The van der Waals surface area contributed by atoms with Crippen LogP contribution in [-0.4, -0.2) is 64.1 Å². The van der Waals surface area contributed by atoms with E-state index in [1.54, 1.807) is 6.92 Å². The summed E-state index contributed by atoms with van der Waals surface area (Å²) in [5.41, 5.74) is 1.85. The van der Waals surface area contributed by atoms with Crippen LogP contribution >= 0.6 is 0 Å². The molecule has 24 heavy (non-hydrogen) atoms. The third-order valence-electron chi connectivity index (χ3n) is 5.34. The molecule has 0 saturated carbocycles. The number of piperidine rings is 2. The van der Waals surface area contributed by atoms with Gasteiger partial charge in [-0.1, -0.05) is 0 Å². The zero-order valence-corrected chi connectivity index (χ0v) is 14.5. The topological polar surface area (TPSA) is 76.6 Å². The summed E-state index contributed by atoms with van der Waals surface area (Å²) in [6.07, 6.45) is 3.64. The second-order valence-corrected chi connectivity index (χ2v) is 7.13. The number of β-amino-alcohol motifs (C(OH)–C–C–N with tert-alkyl or cyclic N) is 1. The summed E-state index contributed by atoms with van der Waals surface area (Å²) < 4.78 is 0. The average Bonchev–Trinajstić information content (AvgIpc) is 2.54. The molecule has 6 nitrogen and oxygen atoms in total. The maximum Gasteiger partial charge on any atom is 0.255 e. The standard InChI is InChI=1S/C18H27N3O3/c1-12-10-16(23)19-13(2)17(12)18(24)20-8-5-14(6-9-20)21-7-3-4-15(22)11-21/h10,14-15,22H,3-9,11H2,1-2H3,(H,19,23). The fourth-order valence-corrected chi connectivity index (χ4v) is 4.08. The van der Waals surface area contributed by atoms with E-state index in [1.165, 1.54) is 6.07 Å². The Bertz CT molecular complexity index is 636. The van der Waals surface area contributed by atoms with Crippen LogP contribution in [0.1, 0.15) is 47.3 Å². The van der Waals surface area contributed by atoms with Crippen molar-refractivity contribution in [1.82, 2.24) is 14.8 Å². The van der Waals surface area contributed by atoms with Crippen molar-refractivity contribution in [2.24, 2.45) is 0 Å². The lowest BCUT2D eigenvalue weighted by Crippen LogP contribution is -2.50. The molecule has 2 N–H and O–H groups in total. The van der Waals surface area contributed by atoms with Crippen LogP contribution < -0.4 is 5.56 Å². The molecule has 3 heterocycles. The molecular formula is C18H27N3O3. The largest absolute Gasteiger partial charge is 0.392 e. The number of carbonyl (C=O) groups is 1. The number of aromatic amines is 1. The predicted molar refractivity (Wildman–Crippen MR) is 92.3 cm³/mol. The molecule has 2 aliphatic heterocycles.